The van der Waals surface area contributed by atoms with E-state index in [4.69, 9.17) is 10.6 Å². The van der Waals surface area contributed by atoms with Gasteiger partial charge in [0, 0.05) is 18.3 Å². The molecular weight excluding hydrogens is 222 g/mol. The number of carbonyl (C=O) groups is 1. The fourth-order valence-electron chi connectivity index (χ4n) is 1.04. The maximum Gasteiger partial charge on any atom is 0.271 e. The number of hydrazine groups is 1. The van der Waals surface area contributed by atoms with E-state index in [-0.39, 0.29) is 6.61 Å². The molecule has 0 aliphatic heterocycles. The number of amides is 1. The molecule has 0 aliphatic carbocycles. The number of hydrogen-bond donors (Lipinski definition) is 3. The van der Waals surface area contributed by atoms with E-state index in [2.05, 4.69) is 21.9 Å². The summed E-state index contributed by atoms with van der Waals surface area (Å²) in [6, 6.07) is 1.63. The highest BCUT2D eigenvalue weighted by molar-refractivity contribution is 5.76. The van der Waals surface area contributed by atoms with Crippen LogP contribution in [0.15, 0.2) is 18.7 Å². The highest BCUT2D eigenvalue weighted by atomic mass is 16.5. The molecule has 0 radical (unpaired) electrons. The molecule has 1 aromatic rings. The quantitative estimate of drug-likeness (QED) is 0.273. The number of aromatic nitrogens is 2. The van der Waals surface area contributed by atoms with Gasteiger partial charge in [-0.05, 0) is 6.92 Å². The van der Waals surface area contributed by atoms with Crippen molar-refractivity contribution in [3.63, 3.8) is 0 Å². The Morgan fingerprint density at radius 1 is 1.65 bits per heavy atom. The second-order valence-corrected chi connectivity index (χ2v) is 3.20. The van der Waals surface area contributed by atoms with E-state index < -0.39 is 5.91 Å². The smallest absolute Gasteiger partial charge is 0.271 e. The van der Waals surface area contributed by atoms with Crippen LogP contribution in [-0.2, 0) is 4.79 Å². The van der Waals surface area contributed by atoms with Gasteiger partial charge in [0.15, 0.2) is 6.61 Å². The van der Waals surface area contributed by atoms with Gasteiger partial charge in [0.05, 0.1) is 0 Å². The molecule has 7 heteroatoms. The number of nitrogens with zero attached hydrogens (tertiary/aromatic N) is 2. The fourth-order valence-corrected chi connectivity index (χ4v) is 1.04. The zero-order valence-corrected chi connectivity index (χ0v) is 9.56. The lowest BCUT2D eigenvalue weighted by atomic mass is 10.4. The van der Waals surface area contributed by atoms with Crippen LogP contribution in [-0.4, -0.2) is 29.0 Å². The van der Waals surface area contributed by atoms with Gasteiger partial charge in [-0.2, -0.15) is 4.98 Å². The molecule has 92 valence electrons. The van der Waals surface area contributed by atoms with Crippen molar-refractivity contribution >= 4 is 11.9 Å². The summed E-state index contributed by atoms with van der Waals surface area (Å²) in [4.78, 5) is 19.1. The molecule has 1 aromatic heterocycles. The first-order chi connectivity index (χ1) is 8.15. The fraction of sp³-hybridized carbons (Fsp3) is 0.300. The molecule has 0 spiro atoms. The maximum atomic E-state index is 10.9. The molecule has 0 aliphatic rings. The third-order valence-electron chi connectivity index (χ3n) is 1.75. The van der Waals surface area contributed by atoms with Crippen LogP contribution in [0.3, 0.4) is 0 Å². The van der Waals surface area contributed by atoms with Crippen molar-refractivity contribution in [1.82, 2.24) is 15.4 Å². The Kier molecular flexibility index (Phi) is 4.89. The molecule has 4 N–H and O–H groups in total. The standard InChI is InChI=1S/C10H15N5O2/c1-3-4-12-10-13-7(2)5-9(14-10)17-6-8(16)15-11/h3,5H,1,4,6,11H2,2H3,(H,15,16)(H,12,13,14). The molecular formula is C10H15N5O2. The predicted molar refractivity (Wildman–Crippen MR) is 63.3 cm³/mol. The van der Waals surface area contributed by atoms with Crippen molar-refractivity contribution in [3.8, 4) is 5.88 Å². The molecule has 0 saturated heterocycles. The van der Waals surface area contributed by atoms with Crippen LogP contribution >= 0.6 is 0 Å². The Morgan fingerprint density at radius 3 is 3.06 bits per heavy atom. The number of nitrogens with one attached hydrogen (secondary N) is 2. The zero-order valence-electron chi connectivity index (χ0n) is 9.56. The van der Waals surface area contributed by atoms with Crippen molar-refractivity contribution in [2.75, 3.05) is 18.5 Å². The van der Waals surface area contributed by atoms with Gasteiger partial charge in [-0.15, -0.1) is 6.58 Å². The van der Waals surface area contributed by atoms with Gasteiger partial charge in [0.2, 0.25) is 11.8 Å². The minimum absolute atomic E-state index is 0.187. The summed E-state index contributed by atoms with van der Waals surface area (Å²) in [5.41, 5.74) is 2.69. The van der Waals surface area contributed by atoms with E-state index in [0.717, 1.165) is 5.69 Å². The average Bonchev–Trinajstić information content (AvgIpc) is 2.32. The Morgan fingerprint density at radius 2 is 2.41 bits per heavy atom. The highest BCUT2D eigenvalue weighted by Gasteiger charge is 2.04. The van der Waals surface area contributed by atoms with Gasteiger partial charge < -0.3 is 10.1 Å². The monoisotopic (exact) mass is 237 g/mol. The Bertz CT molecular complexity index is 408. The van der Waals surface area contributed by atoms with Crippen molar-refractivity contribution in [2.24, 2.45) is 5.84 Å². The summed E-state index contributed by atoms with van der Waals surface area (Å²) in [6.45, 7) is 5.74. The van der Waals surface area contributed by atoms with Gasteiger partial charge in [0.1, 0.15) is 0 Å². The van der Waals surface area contributed by atoms with Gasteiger partial charge in [-0.25, -0.2) is 10.8 Å². The first-order valence-corrected chi connectivity index (χ1v) is 4.98. The Balaban J connectivity index is 2.67. The van der Waals surface area contributed by atoms with Crippen molar-refractivity contribution < 1.29 is 9.53 Å². The molecule has 0 atom stereocenters. The van der Waals surface area contributed by atoms with E-state index >= 15 is 0 Å². The van der Waals surface area contributed by atoms with Crippen LogP contribution in [0.4, 0.5) is 5.95 Å². The van der Waals surface area contributed by atoms with E-state index in [1.54, 1.807) is 19.1 Å². The summed E-state index contributed by atoms with van der Waals surface area (Å²) in [5.74, 6) is 5.23. The number of ether oxygens (including phenoxy) is 1. The van der Waals surface area contributed by atoms with Crippen molar-refractivity contribution in [3.05, 3.63) is 24.4 Å². The lowest BCUT2D eigenvalue weighted by Gasteiger charge is -2.07. The molecule has 7 nitrogen and oxygen atoms in total. The van der Waals surface area contributed by atoms with Gasteiger partial charge in [0.25, 0.3) is 5.91 Å². The molecule has 0 saturated carbocycles. The topological polar surface area (TPSA) is 102 Å². The molecule has 17 heavy (non-hydrogen) atoms. The highest BCUT2D eigenvalue weighted by Crippen LogP contribution is 2.11. The number of carbonyl (C=O) groups excluding carboxylic acids is 1. The summed E-state index contributed by atoms with van der Waals surface area (Å²) >= 11 is 0. The van der Waals surface area contributed by atoms with E-state index in [9.17, 15) is 4.79 Å². The van der Waals surface area contributed by atoms with Crippen LogP contribution < -0.4 is 21.3 Å². The number of nitrogens with two attached hydrogens (primary N) is 1. The average molecular weight is 237 g/mol. The van der Waals surface area contributed by atoms with E-state index in [0.29, 0.717) is 18.4 Å². The first-order valence-electron chi connectivity index (χ1n) is 4.98. The molecule has 0 bridgehead atoms. The van der Waals surface area contributed by atoms with Gasteiger partial charge in [-0.3, -0.25) is 10.2 Å². The summed E-state index contributed by atoms with van der Waals surface area (Å²) in [5, 5.41) is 2.93. The SMILES string of the molecule is C=CCNc1nc(C)cc(OCC(=O)NN)n1. The number of aryl methyl sites for hydroxylation is 1. The first kappa shape index (κ1) is 12.9. The van der Waals surface area contributed by atoms with Gasteiger partial charge >= 0.3 is 0 Å². The summed E-state index contributed by atoms with van der Waals surface area (Å²) < 4.78 is 5.15. The maximum absolute atomic E-state index is 10.9. The van der Waals surface area contributed by atoms with Crippen molar-refractivity contribution in [1.29, 1.82) is 0 Å². The van der Waals surface area contributed by atoms with Crippen molar-refractivity contribution in [2.45, 2.75) is 6.92 Å². The van der Waals surface area contributed by atoms with E-state index in [1.165, 1.54) is 0 Å². The second-order valence-electron chi connectivity index (χ2n) is 3.20. The molecule has 1 rings (SSSR count). The molecule has 1 amide bonds. The number of rotatable bonds is 6. The molecule has 0 unspecified atom stereocenters. The third kappa shape index (κ3) is 4.47. The number of anilines is 1. The van der Waals surface area contributed by atoms with Crippen LogP contribution in [0, 0.1) is 6.92 Å². The normalized spacial score (nSPS) is 9.53. The second kappa shape index (κ2) is 6.44. The Hall–Kier alpha value is -2.15. The number of hydrogen-bond acceptors (Lipinski definition) is 6. The lowest BCUT2D eigenvalue weighted by Crippen LogP contribution is -2.34. The third-order valence-corrected chi connectivity index (χ3v) is 1.75. The predicted octanol–water partition coefficient (Wildman–Crippen LogP) is -0.248. The van der Waals surface area contributed by atoms with Crippen LogP contribution in [0.25, 0.3) is 0 Å². The molecule has 0 aromatic carbocycles. The molecule has 1 heterocycles. The van der Waals surface area contributed by atoms with E-state index in [1.807, 2.05) is 5.43 Å². The van der Waals surface area contributed by atoms with Crippen LogP contribution in [0.5, 0.6) is 5.88 Å². The van der Waals surface area contributed by atoms with Crippen LogP contribution in [0.2, 0.25) is 0 Å². The minimum Gasteiger partial charge on any atom is -0.467 e. The van der Waals surface area contributed by atoms with Crippen LogP contribution in [0.1, 0.15) is 5.69 Å². The zero-order chi connectivity index (χ0) is 12.7. The summed E-state index contributed by atoms with van der Waals surface area (Å²) in [6.07, 6.45) is 1.69. The lowest BCUT2D eigenvalue weighted by molar-refractivity contribution is -0.123. The summed E-state index contributed by atoms with van der Waals surface area (Å²) in [7, 11) is 0. The van der Waals surface area contributed by atoms with Gasteiger partial charge in [-0.1, -0.05) is 6.08 Å². The molecule has 0 fully saturated rings. The Labute approximate surface area is 99.1 Å². The minimum atomic E-state index is -0.429. The largest absolute Gasteiger partial charge is 0.467 e.